The van der Waals surface area contributed by atoms with E-state index in [0.717, 1.165) is 56.3 Å². The topological polar surface area (TPSA) is 292 Å². The van der Waals surface area contributed by atoms with Crippen LogP contribution < -0.4 is 0 Å². The second-order valence-corrected chi connectivity index (χ2v) is 24.9. The van der Waals surface area contributed by atoms with Crippen molar-refractivity contribution in [2.45, 2.75) is 360 Å². The molecule has 2 heterocycles. The molecule has 0 aromatic heterocycles. The van der Waals surface area contributed by atoms with E-state index in [4.69, 9.17) is 65.6 Å². The van der Waals surface area contributed by atoms with E-state index in [2.05, 4.69) is 41.5 Å². The fraction of sp³-hybridized carbons (Fsp3) is 0.955. The van der Waals surface area contributed by atoms with E-state index >= 15 is 0 Å². The summed E-state index contributed by atoms with van der Waals surface area (Å²) in [4.78, 5) is 31.0. The second-order valence-electron chi connectivity index (χ2n) is 24.9. The number of unbranched alkanes of at least 4 members (excludes halogenated alkanes) is 33. The lowest BCUT2D eigenvalue weighted by molar-refractivity contribution is -0.138. The Hall–Kier alpha value is -1.99. The Morgan fingerprint density at radius 3 is 0.634 bits per heavy atom. The zero-order valence-electron chi connectivity index (χ0n) is 53.3. The average molecular weight is 1180 g/mol. The summed E-state index contributed by atoms with van der Waals surface area (Å²) in [7, 11) is 0. The van der Waals surface area contributed by atoms with Crippen LogP contribution in [0.15, 0.2) is 0 Å². The Balaban J connectivity index is -0.000000971. The van der Waals surface area contributed by atoms with Crippen LogP contribution in [-0.2, 0) is 23.9 Å². The molecule has 0 bridgehead atoms. The van der Waals surface area contributed by atoms with Crippen molar-refractivity contribution < 1.29 is 80.0 Å². The molecule has 0 aromatic rings. The second kappa shape index (κ2) is 62.1. The monoisotopic (exact) mass is 1180 g/mol. The van der Waals surface area contributed by atoms with Crippen LogP contribution in [0.25, 0.3) is 0 Å². The molecule has 0 unspecified atom stereocenters. The molecule has 2 fully saturated rings. The molecule has 2 aliphatic heterocycles. The van der Waals surface area contributed by atoms with Crippen molar-refractivity contribution in [3.05, 3.63) is 0 Å². The Morgan fingerprint density at radius 1 is 0.329 bits per heavy atom. The van der Waals surface area contributed by atoms with E-state index in [1.165, 1.54) is 212 Å². The average Bonchev–Trinajstić information content (AvgIpc) is 4.04. The standard InChI is InChI=1S/3C18H36O2.2C6H12O5/c3*1-17(2)15-13-11-9-7-5-3-4-6-8-10-12-14-16-18(19)20;2*7-1-3(8)6-5(10)4(9)2-11-6/h3*17H,3-16H2,1-2H3,(H,19,20);2*3-10H,1-2H2/t;;;2*3-,4+,5-,6-/m...11/s1. The minimum absolute atomic E-state index is 0.00287. The first-order valence-electron chi connectivity index (χ1n) is 33.4. The molecule has 2 rings (SSSR count). The van der Waals surface area contributed by atoms with Gasteiger partial charge in [-0.2, -0.15) is 0 Å². The van der Waals surface area contributed by atoms with E-state index in [9.17, 15) is 14.4 Å². The summed E-state index contributed by atoms with van der Waals surface area (Å²) in [6, 6.07) is 0. The van der Waals surface area contributed by atoms with Crippen LogP contribution in [0.5, 0.6) is 0 Å². The van der Waals surface area contributed by atoms with Gasteiger partial charge in [-0.15, -0.1) is 0 Å². The highest BCUT2D eigenvalue weighted by molar-refractivity contribution is 5.67. The molecule has 0 saturated carbocycles. The van der Waals surface area contributed by atoms with Gasteiger partial charge < -0.3 is 65.6 Å². The van der Waals surface area contributed by atoms with Crippen molar-refractivity contribution in [3.63, 3.8) is 0 Å². The molecular formula is C66H132O16. The lowest BCUT2D eigenvalue weighted by Crippen LogP contribution is -2.40. The lowest BCUT2D eigenvalue weighted by atomic mass is 10.0. The molecule has 0 amide bonds. The molecule has 0 aliphatic carbocycles. The number of aliphatic hydroxyl groups is 8. The molecule has 16 heteroatoms. The number of aliphatic hydroxyl groups excluding tert-OH is 8. The lowest BCUT2D eigenvalue weighted by Gasteiger charge is -2.18. The molecule has 16 nitrogen and oxygen atoms in total. The molecule has 0 radical (unpaired) electrons. The number of hydrogen-bond acceptors (Lipinski definition) is 13. The van der Waals surface area contributed by atoms with Gasteiger partial charge >= 0.3 is 17.9 Å². The molecule has 492 valence electrons. The maximum Gasteiger partial charge on any atom is 0.303 e. The van der Waals surface area contributed by atoms with Gasteiger partial charge in [0.05, 0.1) is 26.4 Å². The van der Waals surface area contributed by atoms with Gasteiger partial charge in [0.15, 0.2) is 0 Å². The third-order valence-corrected chi connectivity index (χ3v) is 15.3. The molecule has 2 aliphatic rings. The summed E-state index contributed by atoms with van der Waals surface area (Å²) in [5.41, 5.74) is 0. The summed E-state index contributed by atoms with van der Waals surface area (Å²) in [6.45, 7) is 12.9. The van der Waals surface area contributed by atoms with Crippen LogP contribution in [0, 0.1) is 17.8 Å². The van der Waals surface area contributed by atoms with Gasteiger partial charge in [-0.25, -0.2) is 0 Å². The van der Waals surface area contributed by atoms with Gasteiger partial charge in [0.25, 0.3) is 0 Å². The van der Waals surface area contributed by atoms with Crippen LogP contribution in [0.2, 0.25) is 0 Å². The van der Waals surface area contributed by atoms with Crippen LogP contribution >= 0.6 is 0 Å². The molecule has 82 heavy (non-hydrogen) atoms. The largest absolute Gasteiger partial charge is 0.481 e. The van der Waals surface area contributed by atoms with Crippen molar-refractivity contribution in [3.8, 4) is 0 Å². The number of carboxylic acids is 3. The Labute approximate surface area is 500 Å². The van der Waals surface area contributed by atoms with Gasteiger partial charge in [0.1, 0.15) is 48.8 Å². The summed E-state index contributed by atoms with van der Waals surface area (Å²) in [5, 5.41) is 96.6. The number of ether oxygens (including phenoxy) is 2. The number of carboxylic acid groups (broad SMARTS) is 3. The zero-order chi connectivity index (χ0) is 62.0. The first-order valence-corrected chi connectivity index (χ1v) is 33.4. The van der Waals surface area contributed by atoms with Crippen molar-refractivity contribution in [2.24, 2.45) is 17.8 Å². The minimum atomic E-state index is -1.12. The Morgan fingerprint density at radius 2 is 0.500 bits per heavy atom. The van der Waals surface area contributed by atoms with Gasteiger partial charge in [-0.05, 0) is 37.0 Å². The van der Waals surface area contributed by atoms with Crippen molar-refractivity contribution >= 4 is 17.9 Å². The Kier molecular flexibility index (Phi) is 63.8. The molecule has 11 N–H and O–H groups in total. The predicted octanol–water partition coefficient (Wildman–Crippen LogP) is 13.5. The third kappa shape index (κ3) is 61.1. The molecular weight excluding hydrogens is 1050 g/mol. The van der Waals surface area contributed by atoms with E-state index in [0.29, 0.717) is 19.3 Å². The first kappa shape index (κ1) is 84.2. The maximum absolute atomic E-state index is 10.3. The number of carbonyl (C=O) groups is 3. The fourth-order valence-electron chi connectivity index (χ4n) is 9.93. The van der Waals surface area contributed by atoms with Gasteiger partial charge in [0.2, 0.25) is 0 Å². The summed E-state index contributed by atoms with van der Waals surface area (Å²) in [5.74, 6) is 0.636. The normalized spacial score (nSPS) is 19.1. The number of rotatable bonds is 49. The smallest absolute Gasteiger partial charge is 0.303 e. The molecule has 0 spiro atoms. The first-order chi connectivity index (χ1) is 39.2. The van der Waals surface area contributed by atoms with E-state index in [1.54, 1.807) is 0 Å². The van der Waals surface area contributed by atoms with Crippen LogP contribution in [-0.4, -0.2) is 149 Å². The van der Waals surface area contributed by atoms with E-state index < -0.39 is 80.0 Å². The van der Waals surface area contributed by atoms with E-state index in [1.807, 2.05) is 0 Å². The van der Waals surface area contributed by atoms with Crippen molar-refractivity contribution in [2.75, 3.05) is 26.4 Å². The molecule has 2 saturated heterocycles. The highest BCUT2D eigenvalue weighted by Gasteiger charge is 2.39. The van der Waals surface area contributed by atoms with Gasteiger partial charge in [-0.3, -0.25) is 14.4 Å². The predicted molar refractivity (Wildman–Crippen MR) is 331 cm³/mol. The van der Waals surface area contributed by atoms with E-state index in [-0.39, 0.29) is 13.2 Å². The maximum atomic E-state index is 10.3. The van der Waals surface area contributed by atoms with Crippen LogP contribution in [0.3, 0.4) is 0 Å². The number of hydrogen-bond donors (Lipinski definition) is 11. The molecule has 8 atom stereocenters. The third-order valence-electron chi connectivity index (χ3n) is 15.3. The van der Waals surface area contributed by atoms with Crippen LogP contribution in [0.4, 0.5) is 0 Å². The summed E-state index contributed by atoms with van der Waals surface area (Å²) >= 11 is 0. The fourth-order valence-corrected chi connectivity index (χ4v) is 9.93. The van der Waals surface area contributed by atoms with Crippen molar-refractivity contribution in [1.82, 2.24) is 0 Å². The molecule has 0 aromatic carbocycles. The zero-order valence-corrected chi connectivity index (χ0v) is 53.3. The SMILES string of the molecule is CC(C)CCCCCCCCCCCCCCC(=O)O.CC(C)CCCCCCCCCCCCCCC(=O)O.CC(C)CCCCCCCCCCCCCCC(=O)O.OC[C@@H](O)[C@H]1OC[C@H](O)[C@H]1O.OC[C@@H](O)[C@H]1OC[C@H](O)[C@H]1O. The van der Waals surface area contributed by atoms with Crippen molar-refractivity contribution in [1.29, 1.82) is 0 Å². The van der Waals surface area contributed by atoms with Gasteiger partial charge in [0, 0.05) is 19.3 Å². The quantitative estimate of drug-likeness (QED) is 0.0252. The summed E-state index contributed by atoms with van der Waals surface area (Å²) < 4.78 is 9.64. The summed E-state index contributed by atoms with van der Waals surface area (Å²) in [6.07, 6.45) is 43.9. The highest BCUT2D eigenvalue weighted by atomic mass is 16.6. The van der Waals surface area contributed by atoms with Crippen LogP contribution in [0.1, 0.15) is 311 Å². The number of aliphatic carboxylic acids is 3. The minimum Gasteiger partial charge on any atom is -0.481 e. The highest BCUT2D eigenvalue weighted by Crippen LogP contribution is 2.20. The van der Waals surface area contributed by atoms with Gasteiger partial charge in [-0.1, -0.05) is 273 Å². The Bertz CT molecular complexity index is 1210.